The number of allylic oxidation sites excluding steroid dienone is 4. The molecule has 0 unspecified atom stereocenters. The Morgan fingerprint density at radius 2 is 0.969 bits per heavy atom. The molecule has 0 saturated carbocycles. The summed E-state index contributed by atoms with van der Waals surface area (Å²) in [6, 6.07) is 28.2. The zero-order valence-corrected chi connectivity index (χ0v) is 17.8. The van der Waals surface area contributed by atoms with Gasteiger partial charge in [0.05, 0.1) is 14.2 Å². The molecule has 0 N–H and O–H groups in total. The average molecular weight is 416 g/mol. The monoisotopic (exact) mass is 416 g/mol. The summed E-state index contributed by atoms with van der Waals surface area (Å²) in [7, 11) is 3.29. The number of ether oxygens (including phenoxy) is 2. The molecule has 3 heteroatoms. The zero-order valence-electron chi connectivity index (χ0n) is 17.8. The summed E-state index contributed by atoms with van der Waals surface area (Å²) in [5.74, 6) is 1.59. The highest BCUT2D eigenvalue weighted by molar-refractivity contribution is 6.61. The van der Waals surface area contributed by atoms with Gasteiger partial charge in [-0.05, 0) is 57.3 Å². The van der Waals surface area contributed by atoms with E-state index >= 15 is 0 Å². The van der Waals surface area contributed by atoms with Gasteiger partial charge in [0.25, 0.3) is 0 Å². The normalized spacial score (nSPS) is 14.4. The van der Waals surface area contributed by atoms with E-state index < -0.39 is 0 Å². The van der Waals surface area contributed by atoms with E-state index in [-0.39, 0.29) is 5.78 Å². The Morgan fingerprint density at radius 3 is 1.38 bits per heavy atom. The molecular formula is C29H20O3. The number of methoxy groups -OCH3 is 2. The molecule has 4 aromatic rings. The van der Waals surface area contributed by atoms with Crippen LogP contribution in [0.15, 0.2) is 84.9 Å². The topological polar surface area (TPSA) is 35.5 Å². The molecule has 0 aromatic heterocycles. The van der Waals surface area contributed by atoms with Gasteiger partial charge < -0.3 is 9.47 Å². The lowest BCUT2D eigenvalue weighted by atomic mass is 9.93. The van der Waals surface area contributed by atoms with Crippen LogP contribution in [-0.4, -0.2) is 20.0 Å². The van der Waals surface area contributed by atoms with E-state index in [1.54, 1.807) is 14.2 Å². The first-order valence-electron chi connectivity index (χ1n) is 10.6. The summed E-state index contributed by atoms with van der Waals surface area (Å²) in [4.78, 5) is 14.0. The zero-order chi connectivity index (χ0) is 21.8. The van der Waals surface area contributed by atoms with Crippen LogP contribution in [0.4, 0.5) is 0 Å². The molecule has 0 bridgehead atoms. The second-order valence-corrected chi connectivity index (χ2v) is 8.00. The molecule has 3 nitrogen and oxygen atoms in total. The number of Topliss-reactive ketones (excluding diaryl/α,β-unsaturated/α-hetero) is 1. The Bertz CT molecular complexity index is 1360. The third-order valence-corrected chi connectivity index (χ3v) is 6.40. The number of carbonyl (C=O) groups is 1. The van der Waals surface area contributed by atoms with Crippen LogP contribution < -0.4 is 9.47 Å². The first-order chi connectivity index (χ1) is 15.7. The quantitative estimate of drug-likeness (QED) is 0.393. The third-order valence-electron chi connectivity index (χ3n) is 6.40. The third kappa shape index (κ3) is 2.51. The first kappa shape index (κ1) is 18.6. The van der Waals surface area contributed by atoms with E-state index in [9.17, 15) is 4.79 Å². The lowest BCUT2D eigenvalue weighted by Gasteiger charge is -2.10. The standard InChI is InChI=1S/C29H20O3/c1-31-20-13-9-18(10-14-20)25-27-22-7-3-5-17-6-4-8-23(24(17)22)28(27)26(29(25)30)19-11-15-21(32-2)16-12-19/h3-16H,1-2H3. The number of ketones is 1. The Kier molecular flexibility index (Phi) is 4.05. The Balaban J connectivity index is 1.66. The Hall–Kier alpha value is -4.11. The van der Waals surface area contributed by atoms with Crippen LogP contribution in [0.1, 0.15) is 22.3 Å². The van der Waals surface area contributed by atoms with Gasteiger partial charge in [-0.1, -0.05) is 60.7 Å². The van der Waals surface area contributed by atoms with Gasteiger partial charge in [0.1, 0.15) is 11.5 Å². The van der Waals surface area contributed by atoms with Gasteiger partial charge in [0, 0.05) is 22.3 Å². The van der Waals surface area contributed by atoms with Crippen LogP contribution in [0, 0.1) is 0 Å². The van der Waals surface area contributed by atoms with E-state index in [1.807, 2.05) is 48.5 Å². The van der Waals surface area contributed by atoms with Crippen molar-refractivity contribution in [2.45, 2.75) is 0 Å². The van der Waals surface area contributed by atoms with Crippen molar-refractivity contribution in [1.29, 1.82) is 0 Å². The van der Waals surface area contributed by atoms with E-state index in [4.69, 9.17) is 9.47 Å². The minimum Gasteiger partial charge on any atom is -0.497 e. The molecule has 0 atom stereocenters. The summed E-state index contributed by atoms with van der Waals surface area (Å²) in [6.45, 7) is 0. The minimum atomic E-state index is 0.0526. The number of hydrogen-bond acceptors (Lipinski definition) is 3. The van der Waals surface area contributed by atoms with Crippen molar-refractivity contribution in [2.75, 3.05) is 14.2 Å². The lowest BCUT2D eigenvalue weighted by Crippen LogP contribution is -2.03. The maximum absolute atomic E-state index is 14.0. The van der Waals surface area contributed by atoms with Crippen LogP contribution >= 0.6 is 0 Å². The molecule has 0 saturated heterocycles. The summed E-state index contributed by atoms with van der Waals surface area (Å²) >= 11 is 0. The lowest BCUT2D eigenvalue weighted by molar-refractivity contribution is -0.108. The van der Waals surface area contributed by atoms with Crippen LogP contribution in [0.5, 0.6) is 11.5 Å². The maximum Gasteiger partial charge on any atom is 0.195 e. The number of benzene rings is 4. The molecule has 6 rings (SSSR count). The van der Waals surface area contributed by atoms with Crippen molar-refractivity contribution >= 4 is 38.8 Å². The highest BCUT2D eigenvalue weighted by Gasteiger charge is 2.39. The summed E-state index contributed by atoms with van der Waals surface area (Å²) < 4.78 is 10.7. The van der Waals surface area contributed by atoms with E-state index in [1.165, 1.54) is 10.8 Å². The van der Waals surface area contributed by atoms with Crippen LogP contribution in [0.2, 0.25) is 0 Å². The second-order valence-electron chi connectivity index (χ2n) is 8.00. The van der Waals surface area contributed by atoms with Gasteiger partial charge in [0.2, 0.25) is 0 Å². The maximum atomic E-state index is 14.0. The highest BCUT2D eigenvalue weighted by Crippen LogP contribution is 2.56. The second kappa shape index (κ2) is 6.96. The number of rotatable bonds is 4. The van der Waals surface area contributed by atoms with Gasteiger partial charge in [0.15, 0.2) is 5.78 Å². The SMILES string of the molecule is COc1ccc(C2=C3C(=C(c4ccc(OC)cc4)C2=O)c2cccc4cccc3c24)cc1. The van der Waals surface area contributed by atoms with Crippen molar-refractivity contribution in [3.63, 3.8) is 0 Å². The predicted octanol–water partition coefficient (Wildman–Crippen LogP) is 6.27. The molecule has 32 heavy (non-hydrogen) atoms. The molecule has 0 aliphatic heterocycles. The van der Waals surface area contributed by atoms with Gasteiger partial charge in [-0.25, -0.2) is 0 Å². The molecular weight excluding hydrogens is 396 g/mol. The van der Waals surface area contributed by atoms with Crippen LogP contribution in [0.25, 0.3) is 33.1 Å². The first-order valence-corrected chi connectivity index (χ1v) is 10.6. The fourth-order valence-electron chi connectivity index (χ4n) is 4.96. The fourth-order valence-corrected chi connectivity index (χ4v) is 4.96. The molecule has 0 heterocycles. The van der Waals surface area contributed by atoms with E-state index in [2.05, 4.69) is 36.4 Å². The van der Waals surface area contributed by atoms with Crippen LogP contribution in [0.3, 0.4) is 0 Å². The Labute approximate surface area is 186 Å². The molecule has 154 valence electrons. The van der Waals surface area contributed by atoms with Gasteiger partial charge >= 0.3 is 0 Å². The molecule has 4 aromatic carbocycles. The number of carbonyl (C=O) groups excluding carboxylic acids is 1. The summed E-state index contributed by atoms with van der Waals surface area (Å²) in [6.07, 6.45) is 0. The highest BCUT2D eigenvalue weighted by atomic mass is 16.5. The van der Waals surface area contributed by atoms with Crippen molar-refractivity contribution in [2.24, 2.45) is 0 Å². The van der Waals surface area contributed by atoms with Gasteiger partial charge in [-0.2, -0.15) is 0 Å². The molecule has 0 fully saturated rings. The summed E-state index contributed by atoms with van der Waals surface area (Å²) in [5, 5.41) is 2.40. The van der Waals surface area contributed by atoms with Crippen LogP contribution in [-0.2, 0) is 4.79 Å². The molecule has 0 radical (unpaired) electrons. The van der Waals surface area contributed by atoms with Crippen molar-refractivity contribution in [3.8, 4) is 11.5 Å². The molecule has 2 aliphatic carbocycles. The summed E-state index contributed by atoms with van der Waals surface area (Å²) in [5.41, 5.74) is 7.59. The number of fused-ring (bicyclic) bond motifs is 3. The smallest absolute Gasteiger partial charge is 0.195 e. The van der Waals surface area contributed by atoms with Gasteiger partial charge in [-0.15, -0.1) is 0 Å². The predicted molar refractivity (Wildman–Crippen MR) is 129 cm³/mol. The molecule has 2 aliphatic rings. The van der Waals surface area contributed by atoms with E-state index in [0.29, 0.717) is 0 Å². The Morgan fingerprint density at radius 1 is 0.531 bits per heavy atom. The largest absolute Gasteiger partial charge is 0.497 e. The van der Waals surface area contributed by atoms with Crippen molar-refractivity contribution in [3.05, 3.63) is 107 Å². The van der Waals surface area contributed by atoms with Crippen molar-refractivity contribution in [1.82, 2.24) is 0 Å². The number of hydrogen-bond donors (Lipinski definition) is 0. The fraction of sp³-hybridized carbons (Fsp3) is 0.0690. The molecule has 0 spiro atoms. The van der Waals surface area contributed by atoms with Gasteiger partial charge in [-0.3, -0.25) is 4.79 Å². The van der Waals surface area contributed by atoms with E-state index in [0.717, 1.165) is 56.0 Å². The average Bonchev–Trinajstić information content (AvgIpc) is 3.32. The molecule has 0 amide bonds. The van der Waals surface area contributed by atoms with Crippen molar-refractivity contribution < 1.29 is 14.3 Å². The minimum absolute atomic E-state index is 0.0526.